The van der Waals surface area contributed by atoms with E-state index in [-0.39, 0.29) is 6.10 Å². The highest BCUT2D eigenvalue weighted by Crippen LogP contribution is 2.27. The van der Waals surface area contributed by atoms with E-state index < -0.39 is 0 Å². The molecule has 3 heterocycles. The summed E-state index contributed by atoms with van der Waals surface area (Å²) in [7, 11) is 0. The summed E-state index contributed by atoms with van der Waals surface area (Å²) in [6.45, 7) is 1.99. The van der Waals surface area contributed by atoms with E-state index in [1.54, 1.807) is 6.20 Å². The Hall–Kier alpha value is -3.19. The van der Waals surface area contributed by atoms with E-state index in [0.29, 0.717) is 5.95 Å². The Morgan fingerprint density at radius 2 is 1.96 bits per heavy atom. The van der Waals surface area contributed by atoms with Crippen molar-refractivity contribution in [2.75, 3.05) is 18.4 Å². The summed E-state index contributed by atoms with van der Waals surface area (Å²) in [5, 5.41) is 15.7. The molecule has 0 spiro atoms. The minimum atomic E-state index is 0.228. The van der Waals surface area contributed by atoms with Gasteiger partial charge in [0.1, 0.15) is 17.4 Å². The number of piperidine rings is 1. The largest absolute Gasteiger partial charge is 0.488 e. The molecule has 0 aliphatic carbocycles. The van der Waals surface area contributed by atoms with E-state index in [4.69, 9.17) is 9.72 Å². The summed E-state index contributed by atoms with van der Waals surface area (Å²) in [6.07, 6.45) is 5.88. The van der Waals surface area contributed by atoms with Crippen LogP contribution in [0.3, 0.4) is 0 Å². The summed E-state index contributed by atoms with van der Waals surface area (Å²) in [5.41, 5.74) is 2.70. The lowest BCUT2D eigenvalue weighted by Crippen LogP contribution is -2.34. The number of benzene rings is 2. The average molecular weight is 360 g/mol. The first-order chi connectivity index (χ1) is 13.3. The molecule has 0 saturated carbocycles. The highest BCUT2D eigenvalue weighted by molar-refractivity contribution is 5.86. The lowest BCUT2D eigenvalue weighted by molar-refractivity contribution is 0.164. The molecule has 0 amide bonds. The maximum Gasteiger partial charge on any atom is 0.227 e. The average Bonchev–Trinajstić information content (AvgIpc) is 3.17. The molecule has 1 saturated heterocycles. The highest BCUT2D eigenvalue weighted by atomic mass is 16.5. The topological polar surface area (TPSA) is 87.8 Å². The number of nitrogens with one attached hydrogen (secondary N) is 3. The first-order valence-electron chi connectivity index (χ1n) is 9.18. The number of ether oxygens (including phenoxy) is 1. The van der Waals surface area contributed by atoms with Crippen molar-refractivity contribution in [3.8, 4) is 5.75 Å². The third-order valence-electron chi connectivity index (χ3n) is 4.85. The van der Waals surface area contributed by atoms with Crippen molar-refractivity contribution in [2.24, 2.45) is 0 Å². The van der Waals surface area contributed by atoms with Gasteiger partial charge >= 0.3 is 0 Å². The number of anilines is 2. The third kappa shape index (κ3) is 3.29. The molecule has 1 aliphatic rings. The molecule has 4 aromatic rings. The van der Waals surface area contributed by atoms with E-state index in [9.17, 15) is 0 Å². The van der Waals surface area contributed by atoms with Crippen LogP contribution >= 0.6 is 0 Å². The fourth-order valence-electron chi connectivity index (χ4n) is 3.42. The standard InChI is InChI=1S/C20H20N6O/c1-2-14-11-22-20(24-15-5-4-13-12-23-26-17(13)10-15)25-19(14)18(3-1)27-16-6-8-21-9-7-16/h1-5,10-12,16,21H,6-9H2,(H,23,26)(H,22,24,25). The van der Waals surface area contributed by atoms with Gasteiger partial charge in [-0.3, -0.25) is 5.10 Å². The summed E-state index contributed by atoms with van der Waals surface area (Å²) in [4.78, 5) is 9.16. The van der Waals surface area contributed by atoms with Crippen LogP contribution < -0.4 is 15.4 Å². The fourth-order valence-corrected chi connectivity index (χ4v) is 3.42. The molecule has 3 N–H and O–H groups in total. The quantitative estimate of drug-likeness (QED) is 0.517. The Morgan fingerprint density at radius 3 is 2.89 bits per heavy atom. The van der Waals surface area contributed by atoms with Crippen LogP contribution in [-0.2, 0) is 0 Å². The van der Waals surface area contributed by atoms with Gasteiger partial charge in [0.15, 0.2) is 0 Å². The van der Waals surface area contributed by atoms with Crippen LogP contribution in [0.5, 0.6) is 5.75 Å². The lowest BCUT2D eigenvalue weighted by atomic mass is 10.1. The van der Waals surface area contributed by atoms with E-state index in [0.717, 1.165) is 59.2 Å². The first kappa shape index (κ1) is 16.0. The van der Waals surface area contributed by atoms with Gasteiger partial charge in [0.25, 0.3) is 0 Å². The van der Waals surface area contributed by atoms with Gasteiger partial charge < -0.3 is 15.4 Å². The Bertz CT molecular complexity index is 1090. The van der Waals surface area contributed by atoms with Crippen molar-refractivity contribution < 1.29 is 4.74 Å². The Labute approximate surface area is 156 Å². The predicted octanol–water partition coefficient (Wildman–Crippen LogP) is 3.38. The minimum Gasteiger partial charge on any atom is -0.488 e. The van der Waals surface area contributed by atoms with Crippen molar-refractivity contribution in [1.29, 1.82) is 0 Å². The van der Waals surface area contributed by atoms with Gasteiger partial charge in [-0.2, -0.15) is 5.10 Å². The molecule has 0 bridgehead atoms. The number of para-hydroxylation sites is 1. The van der Waals surface area contributed by atoms with E-state index in [2.05, 4.69) is 25.8 Å². The van der Waals surface area contributed by atoms with Crippen LogP contribution in [0.15, 0.2) is 48.8 Å². The maximum atomic E-state index is 6.25. The molecule has 1 aliphatic heterocycles. The van der Waals surface area contributed by atoms with Crippen LogP contribution in [0.2, 0.25) is 0 Å². The molecule has 5 rings (SSSR count). The van der Waals surface area contributed by atoms with Gasteiger partial charge in [0.05, 0.1) is 11.7 Å². The number of aromatic amines is 1. The number of rotatable bonds is 4. The summed E-state index contributed by atoms with van der Waals surface area (Å²) < 4.78 is 6.25. The van der Waals surface area contributed by atoms with Crippen LogP contribution in [0.25, 0.3) is 21.8 Å². The molecule has 1 fully saturated rings. The number of nitrogens with zero attached hydrogens (tertiary/aromatic N) is 3. The molecule has 2 aromatic heterocycles. The highest BCUT2D eigenvalue weighted by Gasteiger charge is 2.16. The zero-order valence-corrected chi connectivity index (χ0v) is 14.8. The number of hydrogen-bond acceptors (Lipinski definition) is 6. The Balaban J connectivity index is 1.45. The van der Waals surface area contributed by atoms with E-state index >= 15 is 0 Å². The van der Waals surface area contributed by atoms with E-state index in [1.807, 2.05) is 42.6 Å². The maximum absolute atomic E-state index is 6.25. The number of hydrogen-bond donors (Lipinski definition) is 3. The van der Waals surface area contributed by atoms with Gasteiger partial charge in [-0.15, -0.1) is 0 Å². The van der Waals surface area contributed by atoms with Crippen LogP contribution in [-0.4, -0.2) is 39.4 Å². The summed E-state index contributed by atoms with van der Waals surface area (Å²) in [6, 6.07) is 12.0. The van der Waals surface area contributed by atoms with Crippen molar-refractivity contribution in [1.82, 2.24) is 25.5 Å². The first-order valence-corrected chi connectivity index (χ1v) is 9.18. The molecular formula is C20H20N6O. The minimum absolute atomic E-state index is 0.228. The molecule has 7 nitrogen and oxygen atoms in total. The fraction of sp³-hybridized carbons (Fsp3) is 0.250. The van der Waals surface area contributed by atoms with Crippen LogP contribution in [0.4, 0.5) is 11.6 Å². The zero-order valence-electron chi connectivity index (χ0n) is 14.8. The molecule has 27 heavy (non-hydrogen) atoms. The van der Waals surface area contributed by atoms with Crippen LogP contribution in [0, 0.1) is 0 Å². The molecule has 2 aromatic carbocycles. The van der Waals surface area contributed by atoms with Gasteiger partial charge in [-0.25, -0.2) is 9.97 Å². The second-order valence-electron chi connectivity index (χ2n) is 6.75. The molecule has 0 atom stereocenters. The van der Waals surface area contributed by atoms with E-state index in [1.165, 1.54) is 0 Å². The van der Waals surface area contributed by atoms with Gasteiger partial charge in [-0.1, -0.05) is 12.1 Å². The number of aromatic nitrogens is 4. The third-order valence-corrected chi connectivity index (χ3v) is 4.85. The second kappa shape index (κ2) is 6.85. The van der Waals surface area contributed by atoms with Crippen LogP contribution in [0.1, 0.15) is 12.8 Å². The molecule has 0 unspecified atom stereocenters. The number of fused-ring (bicyclic) bond motifs is 2. The second-order valence-corrected chi connectivity index (χ2v) is 6.75. The number of H-pyrrole nitrogens is 1. The summed E-state index contributed by atoms with van der Waals surface area (Å²) in [5.74, 6) is 1.36. The Morgan fingerprint density at radius 1 is 1.04 bits per heavy atom. The molecule has 7 heteroatoms. The van der Waals surface area contributed by atoms with Gasteiger partial charge in [0.2, 0.25) is 5.95 Å². The van der Waals surface area contributed by atoms with Gasteiger partial charge in [0, 0.05) is 22.7 Å². The normalized spacial score (nSPS) is 15.3. The summed E-state index contributed by atoms with van der Waals surface area (Å²) >= 11 is 0. The monoisotopic (exact) mass is 360 g/mol. The smallest absolute Gasteiger partial charge is 0.227 e. The molecule has 136 valence electrons. The lowest BCUT2D eigenvalue weighted by Gasteiger charge is -2.24. The Kier molecular flexibility index (Phi) is 4.06. The zero-order chi connectivity index (χ0) is 18.1. The van der Waals surface area contributed by atoms with Crippen molar-refractivity contribution in [3.63, 3.8) is 0 Å². The SMILES string of the molecule is c1cc(OC2CCNCC2)c2nc(Nc3ccc4cn[nH]c4c3)ncc2c1. The van der Waals surface area contributed by atoms with Crippen molar-refractivity contribution in [2.45, 2.75) is 18.9 Å². The van der Waals surface area contributed by atoms with Crippen molar-refractivity contribution in [3.05, 3.63) is 48.8 Å². The van der Waals surface area contributed by atoms with Gasteiger partial charge in [-0.05, 0) is 50.2 Å². The predicted molar refractivity (Wildman–Crippen MR) is 105 cm³/mol. The molecular weight excluding hydrogens is 340 g/mol. The molecule has 0 radical (unpaired) electrons. The van der Waals surface area contributed by atoms with Crippen molar-refractivity contribution >= 4 is 33.4 Å².